The minimum Gasteiger partial charge on any atom is -0.379 e. The summed E-state index contributed by atoms with van der Waals surface area (Å²) in [6.45, 7) is 10.2. The molecule has 3 aliphatic heterocycles. The number of guanidine groups is 1. The van der Waals surface area contributed by atoms with Gasteiger partial charge in [0.05, 0.1) is 33.0 Å². The van der Waals surface area contributed by atoms with Crippen molar-refractivity contribution in [3.05, 3.63) is 59.9 Å². The van der Waals surface area contributed by atoms with E-state index >= 15 is 0 Å². The third-order valence-corrected chi connectivity index (χ3v) is 7.98. The van der Waals surface area contributed by atoms with Gasteiger partial charge in [0, 0.05) is 44.2 Å². The van der Waals surface area contributed by atoms with Crippen LogP contribution in [0, 0.1) is 5.82 Å². The van der Waals surface area contributed by atoms with Crippen molar-refractivity contribution in [1.82, 2.24) is 20.5 Å². The largest absolute Gasteiger partial charge is 0.379 e. The smallest absolute Gasteiger partial charge is 0.196 e. The van der Waals surface area contributed by atoms with E-state index in [1.807, 2.05) is 42.5 Å². The maximum atomic E-state index is 15.0. The number of halogens is 1. The van der Waals surface area contributed by atoms with Gasteiger partial charge in [0.1, 0.15) is 10.9 Å². The Morgan fingerprint density at radius 1 is 1.11 bits per heavy atom. The lowest BCUT2D eigenvalue weighted by atomic mass is 9.97. The number of aliphatic imine (C=N–C) groups is 1. The molecule has 2 aromatic rings. The molecule has 37 heavy (non-hydrogen) atoms. The van der Waals surface area contributed by atoms with Crippen LogP contribution in [0.2, 0.25) is 0 Å². The van der Waals surface area contributed by atoms with Gasteiger partial charge in [0.25, 0.3) is 0 Å². The molecule has 2 aromatic carbocycles. The highest BCUT2D eigenvalue weighted by Gasteiger charge is 2.27. The molecule has 0 aromatic heterocycles. The van der Waals surface area contributed by atoms with Crippen LogP contribution in [0.1, 0.15) is 18.4 Å². The molecule has 0 aliphatic carbocycles. The molecule has 8 nitrogen and oxygen atoms in total. The predicted octanol–water partition coefficient (Wildman–Crippen LogP) is 3.14. The molecule has 0 radical (unpaired) electrons. The van der Waals surface area contributed by atoms with Gasteiger partial charge in [-0.15, -0.1) is 0 Å². The summed E-state index contributed by atoms with van der Waals surface area (Å²) in [7, 11) is 0. The van der Waals surface area contributed by atoms with E-state index in [1.54, 1.807) is 17.8 Å². The molecule has 2 saturated heterocycles. The van der Waals surface area contributed by atoms with Crippen molar-refractivity contribution < 1.29 is 13.9 Å². The van der Waals surface area contributed by atoms with Gasteiger partial charge in [0.2, 0.25) is 0 Å². The Labute approximate surface area is 222 Å². The van der Waals surface area contributed by atoms with Crippen molar-refractivity contribution in [2.75, 3.05) is 65.7 Å². The van der Waals surface area contributed by atoms with Gasteiger partial charge < -0.3 is 19.7 Å². The van der Waals surface area contributed by atoms with Crippen LogP contribution in [-0.4, -0.2) is 92.0 Å². The van der Waals surface area contributed by atoms with Gasteiger partial charge in [-0.1, -0.05) is 61.2 Å². The molecule has 10 heteroatoms. The maximum Gasteiger partial charge on any atom is 0.196 e. The van der Waals surface area contributed by atoms with E-state index in [1.165, 1.54) is 0 Å². The standard InChI is InChI=1S/C27H35FN6O2S/c1-20(22-7-8-23(24(28)19-22)21-5-3-2-4-6-21)25-31-32-27(37-25)30-26(34-13-17-36-18-14-34)29-9-10-33-11-15-35-16-12-33/h2-8,19-20,27,32H,9-18H2,1H3,(H,29,30). The minimum absolute atomic E-state index is 0.0336. The molecule has 198 valence electrons. The van der Waals surface area contributed by atoms with Gasteiger partial charge >= 0.3 is 0 Å². The van der Waals surface area contributed by atoms with Gasteiger partial charge in [-0.3, -0.25) is 15.3 Å². The van der Waals surface area contributed by atoms with E-state index in [0.29, 0.717) is 25.3 Å². The molecule has 2 unspecified atom stereocenters. The number of hydrogen-bond acceptors (Lipinski definition) is 7. The number of nitrogens with one attached hydrogen (secondary N) is 2. The second-order valence-electron chi connectivity index (χ2n) is 9.31. The van der Waals surface area contributed by atoms with E-state index in [4.69, 9.17) is 14.5 Å². The Balaban J connectivity index is 1.20. The van der Waals surface area contributed by atoms with Gasteiger partial charge in [-0.2, -0.15) is 5.10 Å². The average molecular weight is 527 g/mol. The second-order valence-corrected chi connectivity index (χ2v) is 10.4. The van der Waals surface area contributed by atoms with E-state index in [0.717, 1.165) is 68.1 Å². The lowest BCUT2D eigenvalue weighted by molar-refractivity contribution is 0.0393. The number of thioether (sulfide) groups is 1. The summed E-state index contributed by atoms with van der Waals surface area (Å²) in [6, 6.07) is 15.1. The maximum absolute atomic E-state index is 15.0. The Morgan fingerprint density at radius 3 is 2.57 bits per heavy atom. The number of hydrazone groups is 1. The van der Waals surface area contributed by atoms with Gasteiger partial charge in [-0.25, -0.2) is 4.39 Å². The summed E-state index contributed by atoms with van der Waals surface area (Å²) in [5, 5.41) is 9.04. The molecular weight excluding hydrogens is 491 g/mol. The van der Waals surface area contributed by atoms with Crippen molar-refractivity contribution in [1.29, 1.82) is 0 Å². The van der Waals surface area contributed by atoms with Crippen LogP contribution in [0.25, 0.3) is 11.1 Å². The zero-order chi connectivity index (χ0) is 25.5. The molecule has 0 amide bonds. The first kappa shape index (κ1) is 26.0. The minimum atomic E-state index is -0.219. The molecule has 0 saturated carbocycles. The predicted molar refractivity (Wildman–Crippen MR) is 147 cm³/mol. The van der Waals surface area contributed by atoms with Crippen molar-refractivity contribution in [2.24, 2.45) is 10.1 Å². The lowest BCUT2D eigenvalue weighted by Crippen LogP contribution is -2.51. The first-order valence-corrected chi connectivity index (χ1v) is 13.8. The van der Waals surface area contributed by atoms with Crippen LogP contribution in [0.15, 0.2) is 58.6 Å². The monoisotopic (exact) mass is 526 g/mol. The number of rotatable bonds is 7. The molecule has 2 fully saturated rings. The van der Waals surface area contributed by atoms with Crippen molar-refractivity contribution in [3.63, 3.8) is 0 Å². The first-order valence-electron chi connectivity index (χ1n) is 13.0. The van der Waals surface area contributed by atoms with Crippen LogP contribution in [-0.2, 0) is 9.47 Å². The number of benzene rings is 2. The van der Waals surface area contributed by atoms with Gasteiger partial charge in [-0.05, 0) is 17.2 Å². The Bertz CT molecular complexity index is 1090. The quantitative estimate of drug-likeness (QED) is 0.424. The summed E-state index contributed by atoms with van der Waals surface area (Å²) in [4.78, 5) is 9.55. The third-order valence-electron chi connectivity index (χ3n) is 6.83. The van der Waals surface area contributed by atoms with Gasteiger partial charge in [0.15, 0.2) is 11.5 Å². The van der Waals surface area contributed by atoms with Crippen molar-refractivity contribution in [3.8, 4) is 11.1 Å². The fraction of sp³-hybridized carbons (Fsp3) is 0.481. The Hall–Kier alpha value is -2.66. The molecule has 3 aliphatic rings. The van der Waals surface area contributed by atoms with E-state index < -0.39 is 0 Å². The highest BCUT2D eigenvalue weighted by Crippen LogP contribution is 2.31. The summed E-state index contributed by atoms with van der Waals surface area (Å²) < 4.78 is 26.0. The van der Waals surface area contributed by atoms with Crippen LogP contribution in [0.3, 0.4) is 0 Å². The zero-order valence-electron chi connectivity index (χ0n) is 21.2. The van der Waals surface area contributed by atoms with E-state index in [-0.39, 0.29) is 17.2 Å². The summed E-state index contributed by atoms with van der Waals surface area (Å²) >= 11 is 1.61. The Kier molecular flexibility index (Phi) is 8.93. The molecule has 2 atom stereocenters. The zero-order valence-corrected chi connectivity index (χ0v) is 22.1. The number of nitrogens with zero attached hydrogens (tertiary/aromatic N) is 4. The third kappa shape index (κ3) is 6.81. The highest BCUT2D eigenvalue weighted by molar-refractivity contribution is 8.14. The first-order chi connectivity index (χ1) is 18.2. The average Bonchev–Trinajstić information content (AvgIpc) is 3.42. The fourth-order valence-electron chi connectivity index (χ4n) is 4.60. The van der Waals surface area contributed by atoms with E-state index in [9.17, 15) is 4.39 Å². The number of ether oxygens (including phenoxy) is 2. The molecule has 0 bridgehead atoms. The topological polar surface area (TPSA) is 73.7 Å². The lowest BCUT2D eigenvalue weighted by Gasteiger charge is -2.32. The number of morpholine rings is 2. The van der Waals surface area contributed by atoms with Crippen LogP contribution < -0.4 is 10.7 Å². The summed E-state index contributed by atoms with van der Waals surface area (Å²) in [5.41, 5.74) is 5.44. The van der Waals surface area contributed by atoms with E-state index in [2.05, 4.69) is 32.6 Å². The SMILES string of the molecule is CC(C1=NNC(NC(=NCCN2CCOCC2)N2CCOCC2)S1)c1ccc(-c2ccccc2)c(F)c1. The van der Waals surface area contributed by atoms with Crippen molar-refractivity contribution >= 4 is 22.8 Å². The Morgan fingerprint density at radius 2 is 1.84 bits per heavy atom. The molecule has 0 spiro atoms. The molecule has 3 heterocycles. The normalized spacial score (nSPS) is 21.9. The molecule has 5 rings (SSSR count). The molecule has 2 N–H and O–H groups in total. The van der Waals surface area contributed by atoms with Crippen LogP contribution in [0.5, 0.6) is 0 Å². The fourth-order valence-corrected chi connectivity index (χ4v) is 5.56. The van der Waals surface area contributed by atoms with Crippen molar-refractivity contribution in [2.45, 2.75) is 18.3 Å². The highest BCUT2D eigenvalue weighted by atomic mass is 32.2. The van der Waals surface area contributed by atoms with Crippen LogP contribution >= 0.6 is 11.8 Å². The number of hydrogen-bond donors (Lipinski definition) is 2. The second kappa shape index (κ2) is 12.7. The molecular formula is C27H35FN6O2S. The summed E-state index contributed by atoms with van der Waals surface area (Å²) in [6.07, 6.45) is 0. The van der Waals surface area contributed by atoms with Crippen LogP contribution in [0.4, 0.5) is 4.39 Å². The summed E-state index contributed by atoms with van der Waals surface area (Å²) in [5.74, 6) is 0.612.